The van der Waals surface area contributed by atoms with Crippen LogP contribution >= 0.6 is 11.6 Å². The van der Waals surface area contributed by atoms with Crippen molar-refractivity contribution in [2.75, 3.05) is 6.54 Å². The molecule has 2 aromatic rings. The van der Waals surface area contributed by atoms with E-state index in [1.165, 1.54) is 11.1 Å². The minimum Gasteiger partial charge on any atom is -0.336 e. The molecule has 1 atom stereocenters. The van der Waals surface area contributed by atoms with Gasteiger partial charge in [-0.25, -0.2) is 4.98 Å². The Labute approximate surface area is 112 Å². The molecule has 18 heavy (non-hydrogen) atoms. The lowest BCUT2D eigenvalue weighted by Gasteiger charge is -2.11. The fourth-order valence-corrected chi connectivity index (χ4v) is 2.74. The quantitative estimate of drug-likeness (QED) is 0.915. The minimum absolute atomic E-state index is 0.544. The second kappa shape index (κ2) is 5.12. The smallest absolute Gasteiger partial charge is 0.0946 e. The third kappa shape index (κ3) is 2.57. The van der Waals surface area contributed by atoms with Crippen molar-refractivity contribution in [3.63, 3.8) is 0 Å². The summed E-state index contributed by atoms with van der Waals surface area (Å²) in [5.74, 6) is 0. The van der Waals surface area contributed by atoms with Gasteiger partial charge in [0.05, 0.1) is 6.33 Å². The predicted octanol–water partition coefficient (Wildman–Crippen LogP) is 2.29. The Kier molecular flexibility index (Phi) is 3.35. The zero-order chi connectivity index (χ0) is 12.4. The third-order valence-electron chi connectivity index (χ3n) is 3.46. The van der Waals surface area contributed by atoms with Crippen molar-refractivity contribution in [1.29, 1.82) is 0 Å². The summed E-state index contributed by atoms with van der Waals surface area (Å²) in [6.45, 7) is 1.94. The fraction of sp³-hybridized carbons (Fsp3) is 0.357. The zero-order valence-corrected chi connectivity index (χ0v) is 10.9. The highest BCUT2D eigenvalue weighted by atomic mass is 35.5. The lowest BCUT2D eigenvalue weighted by atomic mass is 10.1. The van der Waals surface area contributed by atoms with E-state index in [4.69, 9.17) is 11.6 Å². The molecule has 0 fully saturated rings. The molecule has 1 unspecified atom stereocenters. The first kappa shape index (κ1) is 11.8. The lowest BCUT2D eigenvalue weighted by Crippen LogP contribution is -2.32. The van der Waals surface area contributed by atoms with E-state index in [9.17, 15) is 0 Å². The Morgan fingerprint density at radius 2 is 2.22 bits per heavy atom. The van der Waals surface area contributed by atoms with Crippen LogP contribution in [0.5, 0.6) is 0 Å². The van der Waals surface area contributed by atoms with Crippen LogP contribution in [0.1, 0.15) is 11.1 Å². The number of nitrogens with zero attached hydrogens (tertiary/aromatic N) is 2. The van der Waals surface area contributed by atoms with Crippen LogP contribution in [-0.4, -0.2) is 22.1 Å². The van der Waals surface area contributed by atoms with Gasteiger partial charge in [0.25, 0.3) is 0 Å². The highest BCUT2D eigenvalue weighted by molar-refractivity contribution is 6.30. The van der Waals surface area contributed by atoms with Gasteiger partial charge in [-0.1, -0.05) is 17.7 Å². The second-order valence-corrected chi connectivity index (χ2v) is 5.21. The standard InChI is InChI=1S/C14H16ClN3/c15-13-2-1-11-8-14(9-12(11)7-13)17-4-6-18-5-3-16-10-18/h1-3,5,7,10,14,17H,4,6,8-9H2. The maximum Gasteiger partial charge on any atom is 0.0946 e. The number of imidazole rings is 1. The average Bonchev–Trinajstić information content (AvgIpc) is 2.97. The number of hydrogen-bond donors (Lipinski definition) is 1. The molecular weight excluding hydrogens is 246 g/mol. The second-order valence-electron chi connectivity index (χ2n) is 4.77. The zero-order valence-electron chi connectivity index (χ0n) is 10.1. The maximum atomic E-state index is 6.01. The van der Waals surface area contributed by atoms with Crippen LogP contribution < -0.4 is 5.32 Å². The Bertz CT molecular complexity index is 522. The van der Waals surface area contributed by atoms with Crippen molar-refractivity contribution in [3.8, 4) is 0 Å². The van der Waals surface area contributed by atoms with Gasteiger partial charge in [0.1, 0.15) is 0 Å². The van der Waals surface area contributed by atoms with Gasteiger partial charge in [-0.3, -0.25) is 0 Å². The molecule has 1 heterocycles. The fourth-order valence-electron chi connectivity index (χ4n) is 2.55. The van der Waals surface area contributed by atoms with Crippen LogP contribution in [0.25, 0.3) is 0 Å². The van der Waals surface area contributed by atoms with Crippen LogP contribution in [0.15, 0.2) is 36.9 Å². The molecule has 0 radical (unpaired) electrons. The summed E-state index contributed by atoms with van der Waals surface area (Å²) in [4.78, 5) is 4.04. The Balaban J connectivity index is 1.52. The van der Waals surface area contributed by atoms with Crippen molar-refractivity contribution < 1.29 is 0 Å². The van der Waals surface area contributed by atoms with Gasteiger partial charge in [-0.15, -0.1) is 0 Å². The van der Waals surface area contributed by atoms with Crippen molar-refractivity contribution in [1.82, 2.24) is 14.9 Å². The molecule has 94 valence electrons. The first-order chi connectivity index (χ1) is 8.81. The summed E-state index contributed by atoms with van der Waals surface area (Å²) >= 11 is 6.01. The van der Waals surface area contributed by atoms with E-state index < -0.39 is 0 Å². The van der Waals surface area contributed by atoms with E-state index in [1.807, 2.05) is 24.8 Å². The molecule has 3 rings (SSSR count). The van der Waals surface area contributed by atoms with Crippen LogP contribution in [-0.2, 0) is 19.4 Å². The van der Waals surface area contributed by atoms with Crippen molar-refractivity contribution in [2.24, 2.45) is 0 Å². The summed E-state index contributed by atoms with van der Waals surface area (Å²) in [6, 6.07) is 6.76. The van der Waals surface area contributed by atoms with Gasteiger partial charge in [-0.2, -0.15) is 0 Å². The molecule has 1 aromatic heterocycles. The van der Waals surface area contributed by atoms with Gasteiger partial charge in [0.2, 0.25) is 0 Å². The van der Waals surface area contributed by atoms with Crippen molar-refractivity contribution >= 4 is 11.6 Å². The predicted molar refractivity (Wildman–Crippen MR) is 72.9 cm³/mol. The summed E-state index contributed by atoms with van der Waals surface area (Å²) in [6.07, 6.45) is 7.85. The normalized spacial score (nSPS) is 17.9. The topological polar surface area (TPSA) is 29.9 Å². The molecular formula is C14H16ClN3. The molecule has 1 aromatic carbocycles. The number of benzene rings is 1. The molecule has 1 aliphatic carbocycles. The molecule has 0 spiro atoms. The number of aromatic nitrogens is 2. The molecule has 0 saturated heterocycles. The molecule has 3 nitrogen and oxygen atoms in total. The first-order valence-corrected chi connectivity index (χ1v) is 6.65. The molecule has 1 N–H and O–H groups in total. The summed E-state index contributed by atoms with van der Waals surface area (Å²) in [5, 5.41) is 4.44. The van der Waals surface area contributed by atoms with Crippen LogP contribution in [0.4, 0.5) is 0 Å². The molecule has 0 aliphatic heterocycles. The average molecular weight is 262 g/mol. The summed E-state index contributed by atoms with van der Waals surface area (Å²) < 4.78 is 2.09. The van der Waals surface area contributed by atoms with Gasteiger partial charge in [0, 0.05) is 36.5 Å². The number of hydrogen-bond acceptors (Lipinski definition) is 2. The lowest BCUT2D eigenvalue weighted by molar-refractivity contribution is 0.503. The maximum absolute atomic E-state index is 6.01. The number of halogens is 1. The van der Waals surface area contributed by atoms with Crippen molar-refractivity contribution in [2.45, 2.75) is 25.4 Å². The molecule has 0 saturated carbocycles. The number of fused-ring (bicyclic) bond motifs is 1. The van der Waals surface area contributed by atoms with Gasteiger partial charge in [0.15, 0.2) is 0 Å². The largest absolute Gasteiger partial charge is 0.336 e. The number of nitrogens with one attached hydrogen (secondary N) is 1. The molecule has 0 bridgehead atoms. The Morgan fingerprint density at radius 1 is 1.33 bits per heavy atom. The monoisotopic (exact) mass is 261 g/mol. The first-order valence-electron chi connectivity index (χ1n) is 6.28. The highest BCUT2D eigenvalue weighted by Gasteiger charge is 2.20. The van der Waals surface area contributed by atoms with E-state index >= 15 is 0 Å². The number of rotatable bonds is 4. The SMILES string of the molecule is Clc1ccc2c(c1)CC(NCCn1ccnc1)C2. The summed E-state index contributed by atoms with van der Waals surface area (Å²) in [7, 11) is 0. The van der Waals surface area contributed by atoms with Gasteiger partial charge < -0.3 is 9.88 Å². The van der Waals surface area contributed by atoms with Crippen molar-refractivity contribution in [3.05, 3.63) is 53.1 Å². The van der Waals surface area contributed by atoms with Crippen LogP contribution in [0.3, 0.4) is 0 Å². The van der Waals surface area contributed by atoms with E-state index in [-0.39, 0.29) is 0 Å². The molecule has 1 aliphatic rings. The van der Waals surface area contributed by atoms with Crippen LogP contribution in [0.2, 0.25) is 5.02 Å². The molecule has 4 heteroatoms. The minimum atomic E-state index is 0.544. The third-order valence-corrected chi connectivity index (χ3v) is 3.70. The van der Waals surface area contributed by atoms with E-state index in [1.54, 1.807) is 0 Å². The van der Waals surface area contributed by atoms with Crippen LogP contribution in [0, 0.1) is 0 Å². The molecule has 0 amide bonds. The Hall–Kier alpha value is -1.32. The highest BCUT2D eigenvalue weighted by Crippen LogP contribution is 2.25. The van der Waals surface area contributed by atoms with Gasteiger partial charge in [-0.05, 0) is 36.1 Å². The summed E-state index contributed by atoms with van der Waals surface area (Å²) in [5.41, 5.74) is 2.82. The van der Waals surface area contributed by atoms with E-state index in [0.29, 0.717) is 6.04 Å². The van der Waals surface area contributed by atoms with E-state index in [2.05, 4.69) is 27.0 Å². The van der Waals surface area contributed by atoms with Gasteiger partial charge >= 0.3 is 0 Å². The Morgan fingerprint density at radius 3 is 3.06 bits per heavy atom. The van der Waals surface area contributed by atoms with E-state index in [0.717, 1.165) is 31.0 Å².